The van der Waals surface area contributed by atoms with Crippen LogP contribution in [-0.4, -0.2) is 22.3 Å². The lowest BCUT2D eigenvalue weighted by Gasteiger charge is -1.96. The van der Waals surface area contributed by atoms with Crippen molar-refractivity contribution in [1.29, 1.82) is 0 Å². The summed E-state index contributed by atoms with van der Waals surface area (Å²) < 4.78 is 0. The normalized spacial score (nSPS) is 11.4. The van der Waals surface area contributed by atoms with Crippen LogP contribution >= 0.6 is 11.8 Å². The Labute approximate surface area is 86.6 Å². The number of amidine groups is 1. The minimum Gasteiger partial charge on any atom is -0.378 e. The number of rotatable bonds is 2. The lowest BCUT2D eigenvalue weighted by molar-refractivity contribution is -0.117. The second-order valence-electron chi connectivity index (χ2n) is 2.55. The minimum absolute atomic E-state index is 0.197. The summed E-state index contributed by atoms with van der Waals surface area (Å²) in [6, 6.07) is 5.41. The maximum atomic E-state index is 11.3. The number of nitrogens with two attached hydrogens (primary N) is 1. The van der Waals surface area contributed by atoms with Crippen molar-refractivity contribution in [2.75, 3.05) is 6.26 Å². The minimum atomic E-state index is -0.268. The molecule has 0 radical (unpaired) electrons. The van der Waals surface area contributed by atoms with Gasteiger partial charge in [-0.2, -0.15) is 4.99 Å². The first-order chi connectivity index (χ1) is 6.72. The van der Waals surface area contributed by atoms with Crippen LogP contribution in [0.4, 0.5) is 0 Å². The quantitative estimate of drug-likeness (QED) is 0.578. The van der Waals surface area contributed by atoms with Crippen molar-refractivity contribution >= 4 is 22.8 Å². The average Bonchev–Trinajstić information content (AvgIpc) is 2.19. The molecule has 0 unspecified atom stereocenters. The molecule has 0 aromatic carbocycles. The molecule has 1 rings (SSSR count). The van der Waals surface area contributed by atoms with Crippen LogP contribution in [0.2, 0.25) is 0 Å². The summed E-state index contributed by atoms with van der Waals surface area (Å²) in [5.41, 5.74) is 6.10. The topological polar surface area (TPSA) is 68.3 Å². The van der Waals surface area contributed by atoms with Crippen LogP contribution in [0.5, 0.6) is 0 Å². The largest absolute Gasteiger partial charge is 0.378 e. The number of carbonyl (C=O) groups is 1. The van der Waals surface area contributed by atoms with Crippen molar-refractivity contribution < 1.29 is 4.79 Å². The van der Waals surface area contributed by atoms with Crippen LogP contribution < -0.4 is 5.73 Å². The van der Waals surface area contributed by atoms with Crippen LogP contribution in [0.3, 0.4) is 0 Å². The smallest absolute Gasteiger partial charge is 0.254 e. The molecule has 5 heteroatoms. The molecule has 0 atom stereocenters. The van der Waals surface area contributed by atoms with E-state index < -0.39 is 0 Å². The Kier molecular flexibility index (Phi) is 4.12. The summed E-state index contributed by atoms with van der Waals surface area (Å²) in [4.78, 5) is 18.9. The Balaban J connectivity index is 2.58. The van der Waals surface area contributed by atoms with Crippen LogP contribution in [0.25, 0.3) is 0 Å². The van der Waals surface area contributed by atoms with Gasteiger partial charge in [0.25, 0.3) is 5.91 Å². The number of amides is 1. The van der Waals surface area contributed by atoms with Crippen molar-refractivity contribution in [1.82, 2.24) is 4.98 Å². The molecule has 74 valence electrons. The van der Waals surface area contributed by atoms with Gasteiger partial charge in [-0.3, -0.25) is 9.78 Å². The fourth-order valence-corrected chi connectivity index (χ4v) is 1.06. The van der Waals surface area contributed by atoms with Gasteiger partial charge < -0.3 is 5.73 Å². The summed E-state index contributed by atoms with van der Waals surface area (Å²) in [5, 5.41) is 0.283. The predicted molar refractivity (Wildman–Crippen MR) is 58.1 cm³/mol. The first-order valence-electron chi connectivity index (χ1n) is 4.03. The molecular formula is C9H11N3OS. The summed E-state index contributed by atoms with van der Waals surface area (Å²) >= 11 is 1.25. The Morgan fingerprint density at radius 1 is 1.64 bits per heavy atom. The van der Waals surface area contributed by atoms with Gasteiger partial charge in [0, 0.05) is 11.9 Å². The maximum Gasteiger partial charge on any atom is 0.254 e. The van der Waals surface area contributed by atoms with Crippen molar-refractivity contribution in [2.24, 2.45) is 10.7 Å². The fourth-order valence-electron chi connectivity index (χ4n) is 0.866. The van der Waals surface area contributed by atoms with Gasteiger partial charge >= 0.3 is 0 Å². The molecule has 0 spiro atoms. The highest BCUT2D eigenvalue weighted by Crippen LogP contribution is 1.98. The van der Waals surface area contributed by atoms with Gasteiger partial charge in [-0.05, 0) is 18.4 Å². The van der Waals surface area contributed by atoms with Crippen LogP contribution in [0.15, 0.2) is 29.4 Å². The third kappa shape index (κ3) is 3.57. The highest BCUT2D eigenvalue weighted by molar-refractivity contribution is 8.13. The van der Waals surface area contributed by atoms with E-state index in [1.807, 2.05) is 6.07 Å². The number of aromatic nitrogens is 1. The third-order valence-electron chi connectivity index (χ3n) is 1.50. The molecule has 0 bridgehead atoms. The van der Waals surface area contributed by atoms with E-state index in [1.165, 1.54) is 11.8 Å². The van der Waals surface area contributed by atoms with Gasteiger partial charge in [0.05, 0.1) is 6.42 Å². The van der Waals surface area contributed by atoms with Crippen molar-refractivity contribution in [3.8, 4) is 0 Å². The number of hydrogen-bond acceptors (Lipinski definition) is 3. The van der Waals surface area contributed by atoms with E-state index >= 15 is 0 Å². The highest BCUT2D eigenvalue weighted by atomic mass is 32.2. The van der Waals surface area contributed by atoms with Gasteiger partial charge in [-0.15, -0.1) is 0 Å². The molecule has 0 saturated heterocycles. The first kappa shape index (κ1) is 10.7. The van der Waals surface area contributed by atoms with Crippen LogP contribution in [-0.2, 0) is 11.2 Å². The highest BCUT2D eigenvalue weighted by Gasteiger charge is 2.02. The zero-order valence-corrected chi connectivity index (χ0v) is 8.62. The van der Waals surface area contributed by atoms with E-state index in [4.69, 9.17) is 5.73 Å². The molecular weight excluding hydrogens is 198 g/mol. The molecule has 0 saturated carbocycles. The Bertz CT molecular complexity index is 337. The standard InChI is InChI=1S/C9H11N3OS/c1-14-9(10)12-8(13)6-7-4-2-3-5-11-7/h2-5H,6H2,1H3,(H2,10,12,13). The zero-order valence-electron chi connectivity index (χ0n) is 7.80. The fraction of sp³-hybridized carbons (Fsp3) is 0.222. The van der Waals surface area contributed by atoms with Crippen LogP contribution in [0.1, 0.15) is 5.69 Å². The van der Waals surface area contributed by atoms with Gasteiger partial charge in [-0.1, -0.05) is 17.8 Å². The number of carbonyl (C=O) groups excluding carboxylic acids is 1. The number of hydrogen-bond donors (Lipinski definition) is 1. The molecule has 0 fully saturated rings. The van der Waals surface area contributed by atoms with Gasteiger partial charge in [0.1, 0.15) is 0 Å². The summed E-state index contributed by atoms with van der Waals surface area (Å²) in [6.07, 6.45) is 3.61. The summed E-state index contributed by atoms with van der Waals surface area (Å²) in [5.74, 6) is -0.268. The second kappa shape index (κ2) is 5.39. The zero-order chi connectivity index (χ0) is 10.4. The number of aliphatic imine (C=N–C) groups is 1. The van der Waals surface area contributed by atoms with Crippen molar-refractivity contribution in [3.05, 3.63) is 30.1 Å². The molecule has 1 aromatic rings. The first-order valence-corrected chi connectivity index (χ1v) is 5.25. The second-order valence-corrected chi connectivity index (χ2v) is 3.37. The number of thioether (sulfide) groups is 1. The number of nitrogens with zero attached hydrogens (tertiary/aromatic N) is 2. The predicted octanol–water partition coefficient (Wildman–Crippen LogP) is 0.828. The molecule has 0 aliphatic rings. The van der Waals surface area contributed by atoms with E-state index in [-0.39, 0.29) is 17.5 Å². The molecule has 0 aliphatic heterocycles. The molecule has 0 aliphatic carbocycles. The van der Waals surface area contributed by atoms with E-state index in [2.05, 4.69) is 9.98 Å². The summed E-state index contributed by atoms with van der Waals surface area (Å²) in [6.45, 7) is 0. The Morgan fingerprint density at radius 3 is 3.00 bits per heavy atom. The monoisotopic (exact) mass is 209 g/mol. The Hall–Kier alpha value is -1.36. The molecule has 1 heterocycles. The molecule has 1 amide bonds. The van der Waals surface area contributed by atoms with Crippen molar-refractivity contribution in [2.45, 2.75) is 6.42 Å². The van der Waals surface area contributed by atoms with Gasteiger partial charge in [-0.25, -0.2) is 0 Å². The van der Waals surface area contributed by atoms with E-state index in [0.717, 1.165) is 0 Å². The molecule has 14 heavy (non-hydrogen) atoms. The molecule has 1 aromatic heterocycles. The summed E-state index contributed by atoms with van der Waals surface area (Å²) in [7, 11) is 0. The van der Waals surface area contributed by atoms with Gasteiger partial charge in [0.2, 0.25) is 0 Å². The SMILES string of the molecule is CSC(N)=NC(=O)Cc1ccccn1. The molecule has 4 nitrogen and oxygen atoms in total. The van der Waals surface area contributed by atoms with E-state index in [0.29, 0.717) is 5.69 Å². The van der Waals surface area contributed by atoms with Crippen molar-refractivity contribution in [3.63, 3.8) is 0 Å². The number of pyridine rings is 1. The lowest BCUT2D eigenvalue weighted by atomic mass is 10.3. The lowest BCUT2D eigenvalue weighted by Crippen LogP contribution is -2.11. The maximum absolute atomic E-state index is 11.3. The van der Waals surface area contributed by atoms with E-state index in [1.54, 1.807) is 24.6 Å². The van der Waals surface area contributed by atoms with Gasteiger partial charge in [0.15, 0.2) is 5.17 Å². The Morgan fingerprint density at radius 2 is 2.43 bits per heavy atom. The van der Waals surface area contributed by atoms with E-state index in [9.17, 15) is 4.79 Å². The molecule has 2 N–H and O–H groups in total. The van der Waals surface area contributed by atoms with Crippen LogP contribution in [0, 0.1) is 0 Å². The third-order valence-corrected chi connectivity index (χ3v) is 2.01. The average molecular weight is 209 g/mol.